The lowest BCUT2D eigenvalue weighted by molar-refractivity contribution is -0.136. The lowest BCUT2D eigenvalue weighted by Crippen LogP contribution is -2.43. The van der Waals surface area contributed by atoms with Gasteiger partial charge in [0.05, 0.1) is 6.04 Å². The van der Waals surface area contributed by atoms with Crippen LogP contribution in [0.2, 0.25) is 0 Å². The molecule has 0 amide bonds. The van der Waals surface area contributed by atoms with Crippen LogP contribution in [0.1, 0.15) is 44.3 Å². The Morgan fingerprint density at radius 3 is 2.67 bits per heavy atom. The number of rotatable bonds is 4. The molecule has 0 bridgehead atoms. The highest BCUT2D eigenvalue weighted by Crippen LogP contribution is 2.33. The summed E-state index contributed by atoms with van der Waals surface area (Å²) in [6, 6.07) is 3.51. The zero-order valence-electron chi connectivity index (χ0n) is 12.4. The third kappa shape index (κ3) is 3.13. The van der Waals surface area contributed by atoms with E-state index >= 15 is 0 Å². The van der Waals surface area contributed by atoms with Gasteiger partial charge >= 0.3 is 5.97 Å². The van der Waals surface area contributed by atoms with Gasteiger partial charge in [0.2, 0.25) is 10.0 Å². The van der Waals surface area contributed by atoms with Crippen molar-refractivity contribution in [3.8, 4) is 0 Å². The second-order valence-corrected chi connectivity index (χ2v) is 7.75. The van der Waals surface area contributed by atoms with Gasteiger partial charge in [0.25, 0.3) is 0 Å². The molecule has 6 nitrogen and oxygen atoms in total. The number of hydrogen-bond acceptors (Lipinski definition) is 3. The van der Waals surface area contributed by atoms with Gasteiger partial charge in [-0.3, -0.25) is 4.79 Å². The molecule has 1 saturated heterocycles. The SMILES string of the molecule is CC(C(=O)O)S(=O)(=O)N1CCCCCC1c1cccn1C. The second-order valence-electron chi connectivity index (χ2n) is 5.55. The van der Waals surface area contributed by atoms with Gasteiger partial charge in [-0.15, -0.1) is 0 Å². The van der Waals surface area contributed by atoms with Crippen LogP contribution < -0.4 is 0 Å². The maximum Gasteiger partial charge on any atom is 0.323 e. The van der Waals surface area contributed by atoms with Gasteiger partial charge < -0.3 is 9.67 Å². The van der Waals surface area contributed by atoms with Crippen molar-refractivity contribution < 1.29 is 18.3 Å². The van der Waals surface area contributed by atoms with Gasteiger partial charge in [0, 0.05) is 25.5 Å². The minimum atomic E-state index is -3.86. The second kappa shape index (κ2) is 6.19. The first-order valence-corrected chi connectivity index (χ1v) is 8.70. The van der Waals surface area contributed by atoms with Gasteiger partial charge in [-0.25, -0.2) is 8.42 Å². The van der Waals surface area contributed by atoms with Crippen LogP contribution in [0.5, 0.6) is 0 Å². The molecule has 1 fully saturated rings. The number of aliphatic carboxylic acids is 1. The first-order chi connectivity index (χ1) is 9.85. The maximum absolute atomic E-state index is 12.6. The molecule has 2 atom stereocenters. The number of carbonyl (C=O) groups is 1. The molecule has 1 aliphatic heterocycles. The zero-order chi connectivity index (χ0) is 15.6. The monoisotopic (exact) mass is 314 g/mol. The molecule has 2 unspecified atom stereocenters. The highest BCUT2D eigenvalue weighted by Gasteiger charge is 2.39. The van der Waals surface area contributed by atoms with E-state index in [2.05, 4.69) is 0 Å². The molecule has 0 radical (unpaired) electrons. The average molecular weight is 314 g/mol. The predicted octanol–water partition coefficient (Wildman–Crippen LogP) is 1.75. The standard InChI is InChI=1S/C14H22N2O4S/c1-11(14(17)18)21(19,20)16-10-5-3-4-7-13(16)12-8-6-9-15(12)2/h6,8-9,11,13H,3-5,7,10H2,1-2H3,(H,17,18). The summed E-state index contributed by atoms with van der Waals surface area (Å²) in [4.78, 5) is 11.1. The topological polar surface area (TPSA) is 79.6 Å². The quantitative estimate of drug-likeness (QED) is 0.918. The van der Waals surface area contributed by atoms with Crippen LogP contribution >= 0.6 is 0 Å². The van der Waals surface area contributed by atoms with Gasteiger partial charge in [-0.05, 0) is 31.9 Å². The Kier molecular flexibility index (Phi) is 4.73. The van der Waals surface area contributed by atoms with Crippen LogP contribution in [0, 0.1) is 0 Å². The smallest absolute Gasteiger partial charge is 0.323 e. The van der Waals surface area contributed by atoms with Crippen molar-refractivity contribution in [2.24, 2.45) is 7.05 Å². The minimum absolute atomic E-state index is 0.278. The van der Waals surface area contributed by atoms with E-state index in [0.717, 1.165) is 31.4 Å². The Morgan fingerprint density at radius 1 is 1.38 bits per heavy atom. The largest absolute Gasteiger partial charge is 0.480 e. The van der Waals surface area contributed by atoms with Crippen molar-refractivity contribution >= 4 is 16.0 Å². The summed E-state index contributed by atoms with van der Waals surface area (Å²) in [5, 5.41) is 7.66. The maximum atomic E-state index is 12.6. The number of carboxylic acid groups (broad SMARTS) is 1. The van der Waals surface area contributed by atoms with Gasteiger partial charge in [-0.1, -0.05) is 12.8 Å². The molecule has 21 heavy (non-hydrogen) atoms. The van der Waals surface area contributed by atoms with Gasteiger partial charge in [0.15, 0.2) is 5.25 Å². The Labute approximate surface area is 125 Å². The van der Waals surface area contributed by atoms with Crippen LogP contribution in [0.3, 0.4) is 0 Å². The lowest BCUT2D eigenvalue weighted by Gasteiger charge is -2.31. The molecule has 7 heteroatoms. The van der Waals surface area contributed by atoms with Crippen molar-refractivity contribution in [1.82, 2.24) is 8.87 Å². The predicted molar refractivity (Wildman–Crippen MR) is 79.3 cm³/mol. The molecular formula is C14H22N2O4S. The molecule has 1 aliphatic rings. The zero-order valence-corrected chi connectivity index (χ0v) is 13.2. The first-order valence-electron chi connectivity index (χ1n) is 7.20. The first kappa shape index (κ1) is 16.0. The van der Waals surface area contributed by atoms with E-state index in [-0.39, 0.29) is 6.04 Å². The fraction of sp³-hybridized carbons (Fsp3) is 0.643. The van der Waals surface area contributed by atoms with Crippen LogP contribution in [-0.4, -0.2) is 40.2 Å². The molecule has 1 N–H and O–H groups in total. The minimum Gasteiger partial charge on any atom is -0.480 e. The number of sulfonamides is 1. The van der Waals surface area contributed by atoms with Crippen LogP contribution in [0.25, 0.3) is 0 Å². The van der Waals surface area contributed by atoms with Crippen LogP contribution in [0.15, 0.2) is 18.3 Å². The van der Waals surface area contributed by atoms with E-state index < -0.39 is 21.2 Å². The molecule has 0 saturated carbocycles. The normalized spacial score (nSPS) is 22.7. The highest BCUT2D eigenvalue weighted by atomic mass is 32.2. The molecule has 118 valence electrons. The summed E-state index contributed by atoms with van der Waals surface area (Å²) < 4.78 is 28.6. The number of hydrogen-bond donors (Lipinski definition) is 1. The summed E-state index contributed by atoms with van der Waals surface area (Å²) in [5.41, 5.74) is 0.915. The third-order valence-electron chi connectivity index (χ3n) is 4.15. The summed E-state index contributed by atoms with van der Waals surface area (Å²) in [5.74, 6) is -1.30. The Morgan fingerprint density at radius 2 is 2.10 bits per heavy atom. The van der Waals surface area contributed by atoms with E-state index in [1.54, 1.807) is 0 Å². The van der Waals surface area contributed by atoms with E-state index in [4.69, 9.17) is 5.11 Å². The van der Waals surface area contributed by atoms with Crippen molar-refractivity contribution in [3.63, 3.8) is 0 Å². The summed E-state index contributed by atoms with van der Waals surface area (Å²) in [7, 11) is -1.98. The Hall–Kier alpha value is -1.34. The Balaban J connectivity index is 2.41. The molecule has 2 heterocycles. The average Bonchev–Trinajstić information content (AvgIpc) is 2.71. The molecule has 0 aliphatic carbocycles. The Bertz CT molecular complexity index is 608. The molecule has 2 rings (SSSR count). The molecule has 1 aromatic heterocycles. The van der Waals surface area contributed by atoms with Gasteiger partial charge in [-0.2, -0.15) is 4.31 Å². The number of nitrogens with zero attached hydrogens (tertiary/aromatic N) is 2. The van der Waals surface area contributed by atoms with Crippen molar-refractivity contribution in [3.05, 3.63) is 24.0 Å². The fourth-order valence-corrected chi connectivity index (χ4v) is 4.45. The molecule has 1 aromatic rings. The van der Waals surface area contributed by atoms with E-state index in [0.29, 0.717) is 6.54 Å². The molecule has 0 spiro atoms. The van der Waals surface area contributed by atoms with Gasteiger partial charge in [0.1, 0.15) is 0 Å². The summed E-state index contributed by atoms with van der Waals surface area (Å²) in [6.07, 6.45) is 5.29. The summed E-state index contributed by atoms with van der Waals surface area (Å²) >= 11 is 0. The molecular weight excluding hydrogens is 292 g/mol. The van der Waals surface area contributed by atoms with Crippen molar-refractivity contribution in [2.75, 3.05) is 6.54 Å². The van der Waals surface area contributed by atoms with Crippen LogP contribution in [0.4, 0.5) is 0 Å². The number of carboxylic acids is 1. The van der Waals surface area contributed by atoms with Crippen LogP contribution in [-0.2, 0) is 21.9 Å². The van der Waals surface area contributed by atoms with E-state index in [1.807, 2.05) is 29.9 Å². The van der Waals surface area contributed by atoms with E-state index in [9.17, 15) is 13.2 Å². The fourth-order valence-electron chi connectivity index (χ4n) is 2.83. The van der Waals surface area contributed by atoms with Crippen molar-refractivity contribution in [2.45, 2.75) is 43.9 Å². The third-order valence-corrected chi connectivity index (χ3v) is 6.34. The lowest BCUT2D eigenvalue weighted by atomic mass is 10.1. The summed E-state index contributed by atoms with van der Waals surface area (Å²) in [6.45, 7) is 1.63. The van der Waals surface area contributed by atoms with E-state index in [1.165, 1.54) is 11.2 Å². The molecule has 0 aromatic carbocycles. The highest BCUT2D eigenvalue weighted by molar-refractivity contribution is 7.90. The number of aryl methyl sites for hydroxylation is 1. The van der Waals surface area contributed by atoms with Crippen molar-refractivity contribution in [1.29, 1.82) is 0 Å². The number of aromatic nitrogens is 1.